The number of para-hydroxylation sites is 1. The van der Waals surface area contributed by atoms with Crippen molar-refractivity contribution in [3.63, 3.8) is 0 Å². The molecular formula is C24H22N2O5. The van der Waals surface area contributed by atoms with Crippen LogP contribution in [0, 0.1) is 16.0 Å². The Hall–Kier alpha value is -3.61. The maximum atomic E-state index is 13.2. The van der Waals surface area contributed by atoms with E-state index >= 15 is 0 Å². The number of hydrogen-bond acceptors (Lipinski definition) is 6. The van der Waals surface area contributed by atoms with Crippen LogP contribution in [-0.2, 0) is 20.9 Å². The number of esters is 1. The van der Waals surface area contributed by atoms with Crippen LogP contribution in [0.5, 0.6) is 0 Å². The summed E-state index contributed by atoms with van der Waals surface area (Å²) < 4.78 is 5.58. The molecule has 158 valence electrons. The third-order valence-electron chi connectivity index (χ3n) is 5.78. The number of benzene rings is 2. The number of nitro benzene ring substituents is 1. The van der Waals surface area contributed by atoms with Crippen molar-refractivity contribution in [3.8, 4) is 0 Å². The van der Waals surface area contributed by atoms with Crippen molar-refractivity contribution in [2.75, 3.05) is 0 Å². The van der Waals surface area contributed by atoms with Gasteiger partial charge in [-0.15, -0.1) is 0 Å². The molecule has 0 fully saturated rings. The summed E-state index contributed by atoms with van der Waals surface area (Å²) in [6.45, 7) is 1.80. The number of rotatable bonds is 5. The number of carbonyl (C=O) groups excluding carboxylic acids is 2. The highest BCUT2D eigenvalue weighted by atomic mass is 16.6. The normalized spacial score (nSPS) is 20.7. The van der Waals surface area contributed by atoms with Gasteiger partial charge in [0.25, 0.3) is 5.69 Å². The van der Waals surface area contributed by atoms with Crippen molar-refractivity contribution < 1.29 is 19.2 Å². The van der Waals surface area contributed by atoms with Gasteiger partial charge in [0.2, 0.25) is 0 Å². The van der Waals surface area contributed by atoms with Crippen LogP contribution in [0.25, 0.3) is 0 Å². The van der Waals surface area contributed by atoms with E-state index in [9.17, 15) is 19.7 Å². The second-order valence-corrected chi connectivity index (χ2v) is 7.75. The number of nitrogens with zero attached hydrogens (tertiary/aromatic N) is 2. The van der Waals surface area contributed by atoms with E-state index in [1.807, 2.05) is 30.3 Å². The van der Waals surface area contributed by atoms with Crippen LogP contribution >= 0.6 is 0 Å². The molecule has 1 aliphatic heterocycles. The predicted octanol–water partition coefficient (Wildman–Crippen LogP) is 4.52. The van der Waals surface area contributed by atoms with Crippen molar-refractivity contribution in [2.24, 2.45) is 10.9 Å². The summed E-state index contributed by atoms with van der Waals surface area (Å²) in [6.07, 6.45) is 1.64. The van der Waals surface area contributed by atoms with E-state index in [0.717, 1.165) is 5.56 Å². The second kappa shape index (κ2) is 8.63. The molecule has 2 aromatic carbocycles. The summed E-state index contributed by atoms with van der Waals surface area (Å²) in [6, 6.07) is 15.5. The molecule has 0 N–H and O–H groups in total. The molecule has 1 heterocycles. The van der Waals surface area contributed by atoms with Crippen molar-refractivity contribution in [2.45, 2.75) is 38.7 Å². The smallest absolute Gasteiger partial charge is 0.315 e. The standard InChI is InChI=1S/C24H22N2O5/c1-15-21(24(28)31-14-16-8-3-2-4-9-16)22(17-10-5-6-12-19(17)26(29)30)23-18(25-15)11-7-13-20(23)27/h2-6,8-10,12,21-22H,7,11,13-14H2,1H3/t21?,22-/m1/s1. The zero-order valence-corrected chi connectivity index (χ0v) is 17.1. The lowest BCUT2D eigenvalue weighted by molar-refractivity contribution is -0.385. The number of nitro groups is 1. The first-order valence-corrected chi connectivity index (χ1v) is 10.2. The minimum absolute atomic E-state index is 0.0763. The Balaban J connectivity index is 1.77. The Morgan fingerprint density at radius 2 is 1.84 bits per heavy atom. The highest BCUT2D eigenvalue weighted by molar-refractivity contribution is 6.09. The molecule has 2 atom stereocenters. The molecule has 7 heteroatoms. The first kappa shape index (κ1) is 20.7. The largest absolute Gasteiger partial charge is 0.460 e. The van der Waals surface area contributed by atoms with Crippen molar-refractivity contribution in [3.05, 3.63) is 87.1 Å². The molecule has 0 bridgehead atoms. The minimum Gasteiger partial charge on any atom is -0.460 e. The van der Waals surface area contributed by atoms with E-state index in [0.29, 0.717) is 41.8 Å². The summed E-state index contributed by atoms with van der Waals surface area (Å²) >= 11 is 0. The fraction of sp³-hybridized carbons (Fsp3) is 0.292. The third kappa shape index (κ3) is 4.03. The Bertz CT molecular complexity index is 1100. The average molecular weight is 418 g/mol. The second-order valence-electron chi connectivity index (χ2n) is 7.75. The van der Waals surface area contributed by atoms with Gasteiger partial charge in [-0.2, -0.15) is 0 Å². The molecule has 2 aliphatic rings. The van der Waals surface area contributed by atoms with Crippen LogP contribution in [0.2, 0.25) is 0 Å². The highest BCUT2D eigenvalue weighted by Gasteiger charge is 2.45. The van der Waals surface area contributed by atoms with Crippen LogP contribution in [0.4, 0.5) is 5.69 Å². The molecule has 2 aromatic rings. The van der Waals surface area contributed by atoms with Crippen LogP contribution < -0.4 is 0 Å². The van der Waals surface area contributed by atoms with Gasteiger partial charge in [-0.05, 0) is 25.3 Å². The lowest BCUT2D eigenvalue weighted by Crippen LogP contribution is -2.37. The number of ether oxygens (including phenoxy) is 1. The van der Waals surface area contributed by atoms with Crippen molar-refractivity contribution in [1.29, 1.82) is 0 Å². The first-order valence-electron chi connectivity index (χ1n) is 10.2. The number of aliphatic imine (C=N–C) groups is 1. The monoisotopic (exact) mass is 418 g/mol. The summed E-state index contributed by atoms with van der Waals surface area (Å²) in [5.74, 6) is -2.34. The Morgan fingerprint density at radius 1 is 1.13 bits per heavy atom. The molecule has 31 heavy (non-hydrogen) atoms. The van der Waals surface area contributed by atoms with E-state index < -0.39 is 22.7 Å². The van der Waals surface area contributed by atoms with Gasteiger partial charge in [0.05, 0.1) is 4.92 Å². The molecule has 4 rings (SSSR count). The van der Waals surface area contributed by atoms with E-state index in [2.05, 4.69) is 4.99 Å². The predicted molar refractivity (Wildman–Crippen MR) is 115 cm³/mol. The lowest BCUT2D eigenvalue weighted by atomic mass is 9.71. The zero-order valence-electron chi connectivity index (χ0n) is 17.1. The Labute approximate surface area is 179 Å². The van der Waals surface area contributed by atoms with Gasteiger partial charge in [0, 0.05) is 41.0 Å². The van der Waals surface area contributed by atoms with Gasteiger partial charge in [0.1, 0.15) is 12.5 Å². The van der Waals surface area contributed by atoms with Gasteiger partial charge in [-0.25, -0.2) is 0 Å². The molecule has 0 saturated heterocycles. The quantitative estimate of drug-likeness (QED) is 0.404. The fourth-order valence-electron chi connectivity index (χ4n) is 4.38. The Kier molecular flexibility index (Phi) is 5.75. The van der Waals surface area contributed by atoms with Gasteiger partial charge >= 0.3 is 5.97 Å². The number of ketones is 1. The maximum absolute atomic E-state index is 13.2. The number of allylic oxidation sites excluding steroid dienone is 2. The molecule has 0 aromatic heterocycles. The molecule has 0 saturated carbocycles. The molecule has 0 amide bonds. The minimum atomic E-state index is -0.898. The summed E-state index contributed by atoms with van der Waals surface area (Å²) in [5, 5.41) is 11.7. The van der Waals surface area contributed by atoms with E-state index in [4.69, 9.17) is 4.74 Å². The number of Topliss-reactive ketones (excluding diaryl/α,β-unsaturated/α-hetero) is 1. The van der Waals surface area contributed by atoms with Crippen molar-refractivity contribution >= 4 is 23.2 Å². The lowest BCUT2D eigenvalue weighted by Gasteiger charge is -2.34. The van der Waals surface area contributed by atoms with Crippen LogP contribution in [-0.4, -0.2) is 22.4 Å². The third-order valence-corrected chi connectivity index (χ3v) is 5.78. The van der Waals surface area contributed by atoms with E-state index in [-0.39, 0.29) is 18.1 Å². The zero-order chi connectivity index (χ0) is 22.0. The molecule has 0 spiro atoms. The van der Waals surface area contributed by atoms with Gasteiger partial charge in [-0.3, -0.25) is 24.7 Å². The number of carbonyl (C=O) groups is 2. The Morgan fingerprint density at radius 3 is 2.58 bits per heavy atom. The van der Waals surface area contributed by atoms with Gasteiger partial charge < -0.3 is 4.74 Å². The van der Waals surface area contributed by atoms with Crippen molar-refractivity contribution in [1.82, 2.24) is 0 Å². The summed E-state index contributed by atoms with van der Waals surface area (Å²) in [7, 11) is 0. The summed E-state index contributed by atoms with van der Waals surface area (Å²) in [4.78, 5) is 41.9. The maximum Gasteiger partial charge on any atom is 0.315 e. The first-order chi connectivity index (χ1) is 15.0. The molecule has 0 radical (unpaired) electrons. The SMILES string of the molecule is CC1=NC2=C(C(=O)CCC2)[C@H](c2ccccc2[N+](=O)[O-])C1C(=O)OCc1ccccc1. The number of hydrogen-bond donors (Lipinski definition) is 0. The summed E-state index contributed by atoms with van der Waals surface area (Å²) in [5.41, 5.74) is 2.60. The molecular weight excluding hydrogens is 396 g/mol. The van der Waals surface area contributed by atoms with Crippen LogP contribution in [0.15, 0.2) is 70.9 Å². The fourth-order valence-corrected chi connectivity index (χ4v) is 4.38. The highest BCUT2D eigenvalue weighted by Crippen LogP contribution is 2.46. The van der Waals surface area contributed by atoms with E-state index in [1.165, 1.54) is 6.07 Å². The molecule has 1 aliphatic carbocycles. The van der Waals surface area contributed by atoms with Crippen LogP contribution in [0.1, 0.15) is 43.2 Å². The molecule has 1 unspecified atom stereocenters. The molecule has 7 nitrogen and oxygen atoms in total. The van der Waals surface area contributed by atoms with Crippen LogP contribution in [0.3, 0.4) is 0 Å². The topological polar surface area (TPSA) is 98.9 Å². The van der Waals surface area contributed by atoms with Gasteiger partial charge in [0.15, 0.2) is 5.78 Å². The van der Waals surface area contributed by atoms with E-state index in [1.54, 1.807) is 25.1 Å². The van der Waals surface area contributed by atoms with Gasteiger partial charge in [-0.1, -0.05) is 48.5 Å². The average Bonchev–Trinajstić information content (AvgIpc) is 2.77.